The summed E-state index contributed by atoms with van der Waals surface area (Å²) in [7, 11) is 0.440. The van der Waals surface area contributed by atoms with Gasteiger partial charge in [0.1, 0.15) is 22.8 Å². The van der Waals surface area contributed by atoms with E-state index in [1.807, 2.05) is 0 Å². The van der Waals surface area contributed by atoms with E-state index >= 15 is 4.39 Å². The van der Waals surface area contributed by atoms with E-state index in [1.165, 1.54) is 21.0 Å². The fraction of sp³-hybridized carbons (Fsp3) is 0.357. The summed E-state index contributed by atoms with van der Waals surface area (Å²) in [5.41, 5.74) is -2.67. The highest BCUT2D eigenvalue weighted by Gasteiger charge is 2.52. The standard InChI is InChI=1S/C28H28BF9NO5/c1-7-39(5,8-2)28(4,41-14(3)40-6)23-22(13-21(34)26(37)27(23)38)44-29(42-15-9-17(30)24(35)18(31)10-15)43-16-11-19(32)25(36)20(33)12-16/h9-14H,7-8H2,1-6H3/q+1. The molecule has 0 aliphatic heterocycles. The number of ether oxygens (including phenoxy) is 2. The molecule has 0 radical (unpaired) electrons. The first-order valence-electron chi connectivity index (χ1n) is 13.0. The van der Waals surface area contributed by atoms with Gasteiger partial charge in [-0.15, -0.1) is 0 Å². The minimum Gasteiger partial charge on any atom is -0.489 e. The molecule has 0 saturated heterocycles. The van der Waals surface area contributed by atoms with Gasteiger partial charge in [0.15, 0.2) is 58.6 Å². The molecule has 2 unspecified atom stereocenters. The number of benzene rings is 3. The van der Waals surface area contributed by atoms with Crippen LogP contribution in [0, 0.1) is 52.4 Å². The lowest BCUT2D eigenvalue weighted by Gasteiger charge is -2.48. The van der Waals surface area contributed by atoms with E-state index in [-0.39, 0.29) is 17.6 Å². The molecule has 0 aliphatic rings. The lowest BCUT2D eigenvalue weighted by Crippen LogP contribution is -2.61. The summed E-state index contributed by atoms with van der Waals surface area (Å²) in [6.07, 6.45) is -1.06. The number of quaternary nitrogens is 1. The van der Waals surface area contributed by atoms with Gasteiger partial charge in [0, 0.05) is 44.4 Å². The molecule has 0 fully saturated rings. The Morgan fingerprint density at radius 1 is 0.682 bits per heavy atom. The van der Waals surface area contributed by atoms with Crippen molar-refractivity contribution in [3.63, 3.8) is 0 Å². The van der Waals surface area contributed by atoms with Gasteiger partial charge in [-0.25, -0.2) is 39.5 Å². The van der Waals surface area contributed by atoms with Crippen LogP contribution in [0.3, 0.4) is 0 Å². The molecule has 0 bridgehead atoms. The maximum atomic E-state index is 15.8. The zero-order chi connectivity index (χ0) is 33.1. The lowest BCUT2D eigenvalue weighted by atomic mass is 9.96. The maximum Gasteiger partial charge on any atom is 0.864 e. The van der Waals surface area contributed by atoms with Gasteiger partial charge >= 0.3 is 7.32 Å². The van der Waals surface area contributed by atoms with Gasteiger partial charge < -0.3 is 18.7 Å². The van der Waals surface area contributed by atoms with Crippen molar-refractivity contribution in [1.29, 1.82) is 0 Å². The third-order valence-corrected chi connectivity index (χ3v) is 7.35. The predicted molar refractivity (Wildman–Crippen MR) is 139 cm³/mol. The normalized spacial score (nSPS) is 13.8. The Labute approximate surface area is 247 Å². The van der Waals surface area contributed by atoms with Crippen molar-refractivity contribution in [2.75, 3.05) is 27.2 Å². The second kappa shape index (κ2) is 13.6. The second-order valence-corrected chi connectivity index (χ2v) is 9.84. The SMILES string of the molecule is CC[N+](C)(CC)C(C)(OC(C)OC)c1c(OB(Oc2cc(F)c(F)c(F)c2)Oc2cc(F)c(F)c(F)c2)cc(F)c(F)c1F. The summed E-state index contributed by atoms with van der Waals surface area (Å²) in [5.74, 6) is -18.6. The van der Waals surface area contributed by atoms with Gasteiger partial charge in [-0.1, -0.05) is 0 Å². The fourth-order valence-corrected chi connectivity index (χ4v) is 4.35. The molecule has 0 spiro atoms. The molecule has 3 aromatic carbocycles. The molecule has 6 nitrogen and oxygen atoms in total. The first-order chi connectivity index (χ1) is 20.5. The van der Waals surface area contributed by atoms with Gasteiger partial charge in [0.25, 0.3) is 0 Å². The molecule has 0 N–H and O–H groups in total. The van der Waals surface area contributed by atoms with Crippen LogP contribution in [-0.4, -0.2) is 45.3 Å². The Balaban J connectivity index is 2.26. The number of hydrogen-bond donors (Lipinski definition) is 0. The van der Waals surface area contributed by atoms with Crippen LogP contribution in [0.4, 0.5) is 39.5 Å². The van der Waals surface area contributed by atoms with E-state index in [0.29, 0.717) is 30.3 Å². The van der Waals surface area contributed by atoms with Crippen molar-refractivity contribution >= 4 is 7.32 Å². The molecular formula is C28H28BF9NO5+. The van der Waals surface area contributed by atoms with E-state index < -0.39 is 94.5 Å². The topological polar surface area (TPSA) is 46.2 Å². The zero-order valence-corrected chi connectivity index (χ0v) is 24.3. The highest BCUT2D eigenvalue weighted by Crippen LogP contribution is 2.44. The minimum absolute atomic E-state index is 0.200. The summed E-state index contributed by atoms with van der Waals surface area (Å²) in [6, 6.07) is 1.75. The van der Waals surface area contributed by atoms with E-state index in [2.05, 4.69) is 0 Å². The molecule has 0 saturated carbocycles. The van der Waals surface area contributed by atoms with Crippen molar-refractivity contribution in [3.05, 3.63) is 88.3 Å². The molecule has 0 amide bonds. The summed E-state index contributed by atoms with van der Waals surface area (Å²) in [5, 5.41) is 0. The lowest BCUT2D eigenvalue weighted by molar-refractivity contribution is -0.990. The number of hydrogen-bond acceptors (Lipinski definition) is 5. The summed E-state index contributed by atoms with van der Waals surface area (Å²) >= 11 is 0. The summed E-state index contributed by atoms with van der Waals surface area (Å²) in [4.78, 5) is 0. The van der Waals surface area contributed by atoms with Crippen LogP contribution in [0.5, 0.6) is 17.2 Å². The first kappa shape index (κ1) is 34.9. The van der Waals surface area contributed by atoms with Crippen LogP contribution in [0.1, 0.15) is 33.3 Å². The monoisotopic (exact) mass is 640 g/mol. The number of rotatable bonds is 13. The molecule has 3 rings (SSSR count). The van der Waals surface area contributed by atoms with E-state index in [1.54, 1.807) is 20.9 Å². The smallest absolute Gasteiger partial charge is 0.489 e. The van der Waals surface area contributed by atoms with Crippen LogP contribution in [-0.2, 0) is 15.2 Å². The molecule has 0 heterocycles. The average Bonchev–Trinajstić information content (AvgIpc) is 2.96. The number of methoxy groups -OCH3 is 1. The predicted octanol–water partition coefficient (Wildman–Crippen LogP) is 7.13. The van der Waals surface area contributed by atoms with Crippen molar-refractivity contribution < 1.29 is 67.4 Å². The highest BCUT2D eigenvalue weighted by molar-refractivity contribution is 6.39. The average molecular weight is 640 g/mol. The Morgan fingerprint density at radius 2 is 1.09 bits per heavy atom. The quantitative estimate of drug-likeness (QED) is 0.0655. The summed E-state index contributed by atoms with van der Waals surface area (Å²) in [6.45, 7) is 6.62. The third kappa shape index (κ3) is 6.86. The highest BCUT2D eigenvalue weighted by atomic mass is 19.2. The molecule has 3 aromatic rings. The Bertz CT molecular complexity index is 1410. The van der Waals surface area contributed by atoms with E-state index in [0.717, 1.165) is 0 Å². The third-order valence-electron chi connectivity index (χ3n) is 7.35. The van der Waals surface area contributed by atoms with E-state index in [9.17, 15) is 35.1 Å². The largest absolute Gasteiger partial charge is 0.864 e. The van der Waals surface area contributed by atoms with Crippen LogP contribution in [0.25, 0.3) is 0 Å². The maximum absolute atomic E-state index is 15.8. The molecule has 2 atom stereocenters. The molecule has 44 heavy (non-hydrogen) atoms. The molecule has 240 valence electrons. The van der Waals surface area contributed by atoms with Crippen molar-refractivity contribution in [1.82, 2.24) is 0 Å². The molecule has 0 aliphatic carbocycles. The molecule has 0 aromatic heterocycles. The molecule has 16 heteroatoms. The van der Waals surface area contributed by atoms with Crippen molar-refractivity contribution in [2.45, 2.75) is 39.7 Å². The van der Waals surface area contributed by atoms with Gasteiger partial charge in [0.05, 0.1) is 20.1 Å². The van der Waals surface area contributed by atoms with E-state index in [4.69, 9.17) is 23.4 Å². The Hall–Kier alpha value is -3.63. The summed E-state index contributed by atoms with van der Waals surface area (Å²) < 4.78 is 155. The van der Waals surface area contributed by atoms with Crippen LogP contribution < -0.4 is 14.0 Å². The molecular weight excluding hydrogens is 612 g/mol. The van der Waals surface area contributed by atoms with Gasteiger partial charge in [-0.05, 0) is 20.8 Å². The Kier molecular flexibility index (Phi) is 10.7. The number of halogens is 9. The van der Waals surface area contributed by atoms with Gasteiger partial charge in [0.2, 0.25) is 5.72 Å². The van der Waals surface area contributed by atoms with Crippen LogP contribution in [0.15, 0.2) is 30.3 Å². The van der Waals surface area contributed by atoms with Crippen LogP contribution in [0.2, 0.25) is 0 Å². The van der Waals surface area contributed by atoms with Crippen LogP contribution >= 0.6 is 0 Å². The number of nitrogens with zero attached hydrogens (tertiary/aromatic N) is 1. The second-order valence-electron chi connectivity index (χ2n) is 9.84. The fourth-order valence-electron chi connectivity index (χ4n) is 4.35. The minimum atomic E-state index is -2.43. The Morgan fingerprint density at radius 3 is 1.48 bits per heavy atom. The van der Waals surface area contributed by atoms with Crippen molar-refractivity contribution in [3.8, 4) is 17.2 Å². The zero-order valence-electron chi connectivity index (χ0n) is 24.3. The van der Waals surface area contributed by atoms with Gasteiger partial charge in [-0.2, -0.15) is 0 Å². The first-order valence-corrected chi connectivity index (χ1v) is 13.0. The van der Waals surface area contributed by atoms with Gasteiger partial charge in [-0.3, -0.25) is 9.22 Å². The van der Waals surface area contributed by atoms with Crippen molar-refractivity contribution in [2.24, 2.45) is 0 Å².